The summed E-state index contributed by atoms with van der Waals surface area (Å²) in [7, 11) is 3.13. The summed E-state index contributed by atoms with van der Waals surface area (Å²) in [5.41, 5.74) is 2.42. The number of carbonyl (C=O) groups excluding carboxylic acids is 4. The number of nitrogens with zero attached hydrogens (tertiary/aromatic N) is 4. The number of hydrogen-bond acceptors (Lipinski definition) is 9. The van der Waals surface area contributed by atoms with Crippen LogP contribution >= 0.6 is 0 Å². The van der Waals surface area contributed by atoms with Gasteiger partial charge in [-0.25, -0.2) is 9.67 Å². The second-order valence-corrected chi connectivity index (χ2v) is 13.1. The molecular weight excluding hydrogens is 654 g/mol. The number of rotatable bonds is 7. The Balaban J connectivity index is 1.38. The first-order valence-electron chi connectivity index (χ1n) is 17.7. The third-order valence-corrected chi connectivity index (χ3v) is 9.39. The lowest BCUT2D eigenvalue weighted by molar-refractivity contribution is -0.130. The highest BCUT2D eigenvalue weighted by molar-refractivity contribution is 5.95. The maximum Gasteiger partial charge on any atom is 0.253 e. The molecule has 5 rings (SSSR count). The number of fused-ring (bicyclic) bond motifs is 2. The molecule has 0 radical (unpaired) electrons. The fourth-order valence-electron chi connectivity index (χ4n) is 6.34. The standard InChI is InChI=1S/C37H49N7O7/c1-6-23(2)34-36(47)39-24(3)35-40-31(20-25-10-12-29(49-4)30(19-25)50-5)42-44(35)22-33(46)38-15-8-17-43(16-7-9-32(45)41-34)37(48)27-11-13-28-26(21-27)14-18-51-28/h10-13,19,21,23-24,34H,6-9,14-18,20,22H2,1-5H3,(H,38,46)(H,39,47)(H,41,45)/t23-,24+,34-/m0/s1. The van der Waals surface area contributed by atoms with Gasteiger partial charge in [0.25, 0.3) is 5.91 Å². The Morgan fingerprint density at radius 3 is 2.55 bits per heavy atom. The van der Waals surface area contributed by atoms with E-state index in [1.54, 1.807) is 38.2 Å². The van der Waals surface area contributed by atoms with Gasteiger partial charge in [0.2, 0.25) is 17.7 Å². The number of aromatic nitrogens is 3. The van der Waals surface area contributed by atoms with E-state index in [0.29, 0.717) is 80.6 Å². The normalized spacial score (nSPS) is 19.6. The maximum atomic E-state index is 13.7. The molecule has 274 valence electrons. The van der Waals surface area contributed by atoms with Gasteiger partial charge in [-0.3, -0.25) is 19.2 Å². The molecule has 1 aromatic heterocycles. The third kappa shape index (κ3) is 9.35. The molecule has 0 saturated heterocycles. The van der Waals surface area contributed by atoms with Crippen molar-refractivity contribution in [3.63, 3.8) is 0 Å². The highest BCUT2D eigenvalue weighted by Gasteiger charge is 2.29. The van der Waals surface area contributed by atoms with E-state index in [9.17, 15) is 19.2 Å². The molecule has 3 N–H and O–H groups in total. The highest BCUT2D eigenvalue weighted by atomic mass is 16.5. The summed E-state index contributed by atoms with van der Waals surface area (Å²) in [4.78, 5) is 60.3. The van der Waals surface area contributed by atoms with Crippen molar-refractivity contribution in [2.75, 3.05) is 40.5 Å². The van der Waals surface area contributed by atoms with Crippen LogP contribution in [-0.4, -0.2) is 89.8 Å². The molecule has 0 aliphatic carbocycles. The average molecular weight is 704 g/mol. The molecule has 14 nitrogen and oxygen atoms in total. The molecule has 0 unspecified atom stereocenters. The molecule has 14 heteroatoms. The Morgan fingerprint density at radius 2 is 1.78 bits per heavy atom. The van der Waals surface area contributed by atoms with E-state index in [2.05, 4.69) is 21.0 Å². The number of benzene rings is 2. The third-order valence-electron chi connectivity index (χ3n) is 9.39. The summed E-state index contributed by atoms with van der Waals surface area (Å²) in [5.74, 6) is 1.61. The largest absolute Gasteiger partial charge is 0.493 e. The lowest BCUT2D eigenvalue weighted by Gasteiger charge is -2.26. The summed E-state index contributed by atoms with van der Waals surface area (Å²) in [6, 6.07) is 9.58. The topological polar surface area (TPSA) is 166 Å². The second-order valence-electron chi connectivity index (χ2n) is 13.1. The van der Waals surface area contributed by atoms with Gasteiger partial charge in [-0.1, -0.05) is 26.3 Å². The van der Waals surface area contributed by atoms with Crippen molar-refractivity contribution in [2.24, 2.45) is 5.92 Å². The molecule has 3 aromatic rings. The number of methoxy groups -OCH3 is 2. The Kier molecular flexibility index (Phi) is 12.5. The zero-order valence-corrected chi connectivity index (χ0v) is 30.1. The number of ether oxygens (including phenoxy) is 3. The molecule has 0 bridgehead atoms. The molecule has 51 heavy (non-hydrogen) atoms. The minimum absolute atomic E-state index is 0.125. The minimum Gasteiger partial charge on any atom is -0.493 e. The first-order valence-corrected chi connectivity index (χ1v) is 17.7. The van der Waals surface area contributed by atoms with E-state index in [1.807, 2.05) is 38.1 Å². The van der Waals surface area contributed by atoms with Crippen LogP contribution in [0.3, 0.4) is 0 Å². The van der Waals surface area contributed by atoms with Crippen LogP contribution in [0, 0.1) is 5.92 Å². The van der Waals surface area contributed by atoms with Gasteiger partial charge in [-0.05, 0) is 67.1 Å². The molecule has 3 heterocycles. The van der Waals surface area contributed by atoms with Gasteiger partial charge in [0.15, 0.2) is 17.3 Å². The van der Waals surface area contributed by atoms with Gasteiger partial charge in [-0.2, -0.15) is 5.10 Å². The fraction of sp³-hybridized carbons (Fsp3) is 0.514. The molecular formula is C37H49N7O7. The van der Waals surface area contributed by atoms with E-state index in [1.165, 1.54) is 4.68 Å². The molecule has 0 spiro atoms. The molecule has 0 fully saturated rings. The smallest absolute Gasteiger partial charge is 0.253 e. The van der Waals surface area contributed by atoms with Crippen molar-refractivity contribution in [3.8, 4) is 17.2 Å². The number of amides is 4. The van der Waals surface area contributed by atoms with E-state index in [4.69, 9.17) is 19.2 Å². The molecule has 2 aliphatic rings. The van der Waals surface area contributed by atoms with Crippen LogP contribution < -0.4 is 30.2 Å². The Labute approximate surface area is 298 Å². The van der Waals surface area contributed by atoms with Crippen molar-refractivity contribution in [2.45, 2.75) is 77.9 Å². The Bertz CT molecular complexity index is 1720. The fourth-order valence-corrected chi connectivity index (χ4v) is 6.34. The molecule has 2 aliphatic heterocycles. The van der Waals surface area contributed by atoms with E-state index >= 15 is 0 Å². The van der Waals surface area contributed by atoms with E-state index < -0.39 is 12.1 Å². The zero-order valence-electron chi connectivity index (χ0n) is 30.1. The number of hydrogen-bond donors (Lipinski definition) is 3. The first-order chi connectivity index (χ1) is 24.6. The van der Waals surface area contributed by atoms with Crippen molar-refractivity contribution in [1.82, 2.24) is 35.6 Å². The zero-order chi connectivity index (χ0) is 36.5. The monoisotopic (exact) mass is 703 g/mol. The Morgan fingerprint density at radius 1 is 1.00 bits per heavy atom. The summed E-state index contributed by atoms with van der Waals surface area (Å²) in [5, 5.41) is 13.6. The van der Waals surface area contributed by atoms with Crippen LogP contribution in [0.1, 0.15) is 85.6 Å². The molecule has 0 saturated carbocycles. The summed E-state index contributed by atoms with van der Waals surface area (Å²) in [6.07, 6.45) is 2.81. The summed E-state index contributed by atoms with van der Waals surface area (Å²) >= 11 is 0. The van der Waals surface area contributed by atoms with Gasteiger partial charge < -0.3 is 35.1 Å². The van der Waals surface area contributed by atoms with Crippen LogP contribution in [0.2, 0.25) is 0 Å². The quantitative estimate of drug-likeness (QED) is 0.336. The van der Waals surface area contributed by atoms with Gasteiger partial charge >= 0.3 is 0 Å². The van der Waals surface area contributed by atoms with Gasteiger partial charge in [-0.15, -0.1) is 0 Å². The van der Waals surface area contributed by atoms with Crippen LogP contribution in [0.15, 0.2) is 36.4 Å². The van der Waals surface area contributed by atoms with Gasteiger partial charge in [0, 0.05) is 44.5 Å². The lowest BCUT2D eigenvalue weighted by atomic mass is 9.97. The highest BCUT2D eigenvalue weighted by Crippen LogP contribution is 2.29. The number of nitrogens with one attached hydrogen (secondary N) is 3. The summed E-state index contributed by atoms with van der Waals surface area (Å²) in [6.45, 7) is 7.18. The first kappa shape index (κ1) is 37.1. The molecule has 3 atom stereocenters. The van der Waals surface area contributed by atoms with E-state index in [-0.39, 0.29) is 42.5 Å². The predicted molar refractivity (Wildman–Crippen MR) is 189 cm³/mol. The molecule has 2 aromatic carbocycles. The number of carbonyl (C=O) groups is 4. The van der Waals surface area contributed by atoms with Crippen LogP contribution in [-0.2, 0) is 33.8 Å². The summed E-state index contributed by atoms with van der Waals surface area (Å²) < 4.78 is 17.9. The minimum atomic E-state index is -0.791. The van der Waals surface area contributed by atoms with Crippen molar-refractivity contribution < 1.29 is 33.4 Å². The van der Waals surface area contributed by atoms with Crippen molar-refractivity contribution in [1.29, 1.82) is 0 Å². The van der Waals surface area contributed by atoms with Crippen molar-refractivity contribution >= 4 is 23.6 Å². The van der Waals surface area contributed by atoms with Gasteiger partial charge in [0.1, 0.15) is 24.2 Å². The lowest BCUT2D eigenvalue weighted by Crippen LogP contribution is -2.51. The van der Waals surface area contributed by atoms with Crippen LogP contribution in [0.25, 0.3) is 0 Å². The average Bonchev–Trinajstić information content (AvgIpc) is 3.76. The second kappa shape index (κ2) is 17.2. The van der Waals surface area contributed by atoms with Crippen LogP contribution in [0.4, 0.5) is 0 Å². The van der Waals surface area contributed by atoms with Crippen LogP contribution in [0.5, 0.6) is 17.2 Å². The SMILES string of the molecule is CC[C@H](C)[C@@H]1NC(=O)CCCN(C(=O)c2ccc3c(c2)CCO3)CCCNC(=O)Cn2nc(Cc3ccc(OC)c(OC)c3)nc2[C@@H](C)NC1=O. The Hall–Kier alpha value is -5.14. The van der Waals surface area contributed by atoms with Gasteiger partial charge in [0.05, 0.1) is 26.9 Å². The predicted octanol–water partition coefficient (Wildman–Crippen LogP) is 2.97. The van der Waals surface area contributed by atoms with E-state index in [0.717, 1.165) is 23.3 Å². The van der Waals surface area contributed by atoms with Crippen molar-refractivity contribution in [3.05, 3.63) is 64.7 Å². The maximum absolute atomic E-state index is 13.7. The molecule has 4 amide bonds.